The first-order valence-corrected chi connectivity index (χ1v) is 6.38. The predicted molar refractivity (Wildman–Crippen MR) is 71.6 cm³/mol. The average Bonchev–Trinajstić information content (AvgIpc) is 2.70. The summed E-state index contributed by atoms with van der Waals surface area (Å²) in [5.41, 5.74) is 0.926. The van der Waals surface area contributed by atoms with Crippen molar-refractivity contribution in [2.45, 2.75) is 13.3 Å². The highest BCUT2D eigenvalue weighted by Crippen LogP contribution is 2.36. The summed E-state index contributed by atoms with van der Waals surface area (Å²) in [6.07, 6.45) is 0.157. The topological polar surface area (TPSA) is 87.2 Å². The van der Waals surface area contributed by atoms with Crippen LogP contribution in [0.4, 0.5) is 11.4 Å². The number of nitro groups is 1. The van der Waals surface area contributed by atoms with Gasteiger partial charge in [0.05, 0.1) is 22.6 Å². The minimum absolute atomic E-state index is 0.0357. The van der Waals surface area contributed by atoms with E-state index >= 15 is 0 Å². The Morgan fingerprint density at radius 1 is 1.58 bits per heavy atom. The van der Waals surface area contributed by atoms with Crippen molar-refractivity contribution in [2.75, 3.05) is 11.4 Å². The Kier molecular flexibility index (Phi) is 3.53. The van der Waals surface area contributed by atoms with E-state index in [9.17, 15) is 14.9 Å². The zero-order chi connectivity index (χ0) is 14.2. The second-order valence-corrected chi connectivity index (χ2v) is 5.24. The molecule has 0 aliphatic carbocycles. The molecule has 1 atom stereocenters. The van der Waals surface area contributed by atoms with E-state index in [1.807, 2.05) is 0 Å². The maximum Gasteiger partial charge on any atom is 0.274 e. The first kappa shape index (κ1) is 13.5. The summed E-state index contributed by atoms with van der Waals surface area (Å²) >= 11 is 3.31. The van der Waals surface area contributed by atoms with E-state index in [1.54, 1.807) is 13.0 Å². The van der Waals surface area contributed by atoms with Gasteiger partial charge in [0.2, 0.25) is 5.91 Å². The molecule has 1 amide bonds. The van der Waals surface area contributed by atoms with E-state index in [-0.39, 0.29) is 30.5 Å². The second-order valence-electron chi connectivity index (χ2n) is 4.38. The summed E-state index contributed by atoms with van der Waals surface area (Å²) in [4.78, 5) is 23.7. The Morgan fingerprint density at radius 3 is 2.79 bits per heavy atom. The van der Waals surface area contributed by atoms with Gasteiger partial charge in [-0.25, -0.2) is 0 Å². The van der Waals surface area contributed by atoms with Crippen molar-refractivity contribution < 1.29 is 9.72 Å². The Hall–Kier alpha value is -1.94. The van der Waals surface area contributed by atoms with Crippen molar-refractivity contribution in [3.05, 3.63) is 32.3 Å². The van der Waals surface area contributed by atoms with Gasteiger partial charge in [-0.1, -0.05) is 0 Å². The monoisotopic (exact) mass is 323 g/mol. The average molecular weight is 324 g/mol. The van der Waals surface area contributed by atoms with Crippen molar-refractivity contribution in [2.24, 2.45) is 5.92 Å². The molecule has 0 N–H and O–H groups in total. The summed E-state index contributed by atoms with van der Waals surface area (Å²) < 4.78 is 0.613. The number of aryl methyl sites for hydroxylation is 1. The van der Waals surface area contributed by atoms with Crippen LogP contribution in [0.3, 0.4) is 0 Å². The highest BCUT2D eigenvalue weighted by molar-refractivity contribution is 9.10. The Labute approximate surface area is 117 Å². The zero-order valence-corrected chi connectivity index (χ0v) is 11.7. The van der Waals surface area contributed by atoms with Crippen LogP contribution in [0.15, 0.2) is 16.6 Å². The number of carbonyl (C=O) groups excluding carboxylic acids is 1. The molecule has 1 aromatic rings. The second kappa shape index (κ2) is 4.97. The number of nitriles is 1. The standard InChI is InChI=1S/C12H10BrN3O3/c1-7-2-9(13)11(4-10(7)16(18)19)15-6-8(5-14)3-12(15)17/h2,4,8H,3,6H2,1H3. The molecule has 1 aliphatic rings. The van der Waals surface area contributed by atoms with Crippen LogP contribution >= 0.6 is 15.9 Å². The lowest BCUT2D eigenvalue weighted by Crippen LogP contribution is -2.25. The molecule has 1 saturated heterocycles. The first-order valence-electron chi connectivity index (χ1n) is 5.58. The summed E-state index contributed by atoms with van der Waals surface area (Å²) in [5, 5.41) is 19.8. The number of benzene rings is 1. The van der Waals surface area contributed by atoms with Crippen molar-refractivity contribution in [3.63, 3.8) is 0 Å². The van der Waals surface area contributed by atoms with Crippen molar-refractivity contribution >= 4 is 33.2 Å². The van der Waals surface area contributed by atoms with Crippen LogP contribution < -0.4 is 4.90 Å². The number of hydrogen-bond acceptors (Lipinski definition) is 4. The first-order chi connectivity index (χ1) is 8.93. The number of halogens is 1. The molecule has 98 valence electrons. The van der Waals surface area contributed by atoms with Crippen LogP contribution in [0.25, 0.3) is 0 Å². The van der Waals surface area contributed by atoms with Crippen LogP contribution in [-0.4, -0.2) is 17.4 Å². The van der Waals surface area contributed by atoms with Crippen LogP contribution in [0, 0.1) is 34.3 Å². The molecule has 1 fully saturated rings. The maximum atomic E-state index is 11.8. The molecule has 0 saturated carbocycles. The van der Waals surface area contributed by atoms with Crippen molar-refractivity contribution in [1.29, 1.82) is 5.26 Å². The van der Waals surface area contributed by atoms with Crippen LogP contribution in [0.2, 0.25) is 0 Å². The molecule has 0 bridgehead atoms. The molecule has 7 heteroatoms. The van der Waals surface area contributed by atoms with Gasteiger partial charge in [0, 0.05) is 29.1 Å². The molecule has 0 spiro atoms. The molecule has 0 aromatic heterocycles. The van der Waals surface area contributed by atoms with Crippen LogP contribution in [0.1, 0.15) is 12.0 Å². The minimum atomic E-state index is -0.479. The zero-order valence-electron chi connectivity index (χ0n) is 10.1. The van der Waals surface area contributed by atoms with Gasteiger partial charge in [0.15, 0.2) is 0 Å². The molecule has 19 heavy (non-hydrogen) atoms. The number of rotatable bonds is 2. The lowest BCUT2D eigenvalue weighted by molar-refractivity contribution is -0.385. The van der Waals surface area contributed by atoms with Gasteiger partial charge in [-0.15, -0.1) is 0 Å². The number of anilines is 1. The van der Waals surface area contributed by atoms with Crippen molar-refractivity contribution in [3.8, 4) is 6.07 Å². The molecule has 0 radical (unpaired) electrons. The molecule has 2 rings (SSSR count). The molecule has 1 unspecified atom stereocenters. The number of nitrogens with zero attached hydrogens (tertiary/aromatic N) is 3. The SMILES string of the molecule is Cc1cc(Br)c(N2CC(C#N)CC2=O)cc1[N+](=O)[O-]. The van der Waals surface area contributed by atoms with Gasteiger partial charge in [-0.2, -0.15) is 5.26 Å². The minimum Gasteiger partial charge on any atom is -0.310 e. The van der Waals surface area contributed by atoms with E-state index in [1.165, 1.54) is 11.0 Å². The normalized spacial score (nSPS) is 18.5. The quantitative estimate of drug-likeness (QED) is 0.618. The van der Waals surface area contributed by atoms with Crippen LogP contribution in [-0.2, 0) is 4.79 Å². The van der Waals surface area contributed by atoms with Gasteiger partial charge in [0.1, 0.15) is 0 Å². The number of hydrogen-bond donors (Lipinski definition) is 0. The molecular weight excluding hydrogens is 314 g/mol. The predicted octanol–water partition coefficient (Wildman–Crippen LogP) is 2.54. The van der Waals surface area contributed by atoms with E-state index in [4.69, 9.17) is 5.26 Å². The molecule has 1 aliphatic heterocycles. The molecule has 1 heterocycles. The Morgan fingerprint density at radius 2 is 2.26 bits per heavy atom. The van der Waals surface area contributed by atoms with Gasteiger partial charge in [-0.3, -0.25) is 14.9 Å². The highest BCUT2D eigenvalue weighted by Gasteiger charge is 2.32. The smallest absolute Gasteiger partial charge is 0.274 e. The summed E-state index contributed by atoms with van der Waals surface area (Å²) in [7, 11) is 0. The highest BCUT2D eigenvalue weighted by atomic mass is 79.9. The Balaban J connectivity index is 2.46. The van der Waals surface area contributed by atoms with E-state index in [0.29, 0.717) is 15.7 Å². The van der Waals surface area contributed by atoms with E-state index in [2.05, 4.69) is 22.0 Å². The third-order valence-electron chi connectivity index (χ3n) is 3.06. The molecular formula is C12H10BrN3O3. The largest absolute Gasteiger partial charge is 0.310 e. The van der Waals surface area contributed by atoms with Crippen LogP contribution in [0.5, 0.6) is 0 Å². The third kappa shape index (κ3) is 2.44. The molecule has 1 aromatic carbocycles. The number of nitro benzene ring substituents is 1. The Bertz CT molecular complexity index is 609. The summed E-state index contributed by atoms with van der Waals surface area (Å²) in [5.74, 6) is -0.551. The molecule has 6 nitrogen and oxygen atoms in total. The van der Waals surface area contributed by atoms with Gasteiger partial charge < -0.3 is 4.90 Å². The fraction of sp³-hybridized carbons (Fsp3) is 0.333. The summed E-state index contributed by atoms with van der Waals surface area (Å²) in [6.45, 7) is 1.91. The van der Waals surface area contributed by atoms with E-state index < -0.39 is 4.92 Å². The number of carbonyl (C=O) groups is 1. The fourth-order valence-corrected chi connectivity index (χ4v) is 2.75. The van der Waals surface area contributed by atoms with Crippen molar-refractivity contribution in [1.82, 2.24) is 0 Å². The summed E-state index contributed by atoms with van der Waals surface area (Å²) in [6, 6.07) is 5.03. The lowest BCUT2D eigenvalue weighted by atomic mass is 10.1. The van der Waals surface area contributed by atoms with Gasteiger partial charge in [0.25, 0.3) is 5.69 Å². The maximum absolute atomic E-state index is 11.8. The van der Waals surface area contributed by atoms with E-state index in [0.717, 1.165) is 0 Å². The van der Waals surface area contributed by atoms with Gasteiger partial charge in [-0.05, 0) is 28.9 Å². The number of amides is 1. The fourth-order valence-electron chi connectivity index (χ4n) is 2.08. The third-order valence-corrected chi connectivity index (χ3v) is 3.70. The lowest BCUT2D eigenvalue weighted by Gasteiger charge is -2.18. The van der Waals surface area contributed by atoms with Gasteiger partial charge >= 0.3 is 0 Å².